The first-order chi connectivity index (χ1) is 19.0. The van der Waals surface area contributed by atoms with E-state index >= 15 is 0 Å². The van der Waals surface area contributed by atoms with Gasteiger partial charge < -0.3 is 15.4 Å². The number of halogens is 1. The topological polar surface area (TPSA) is 127 Å². The minimum Gasteiger partial charge on any atom is -0.457 e. The number of amides is 3. The van der Waals surface area contributed by atoms with E-state index in [2.05, 4.69) is 15.6 Å². The Balaban J connectivity index is 1.36. The Morgan fingerprint density at radius 2 is 1.50 bits per heavy atom. The highest BCUT2D eigenvalue weighted by Crippen LogP contribution is 2.25. The molecule has 0 atom stereocenters. The standard InChI is InChI=1S/C28H25ClN4O6S/c1-18-4-11-24(12-5-18)40(36,37)39-33(3)27(34)26-17-23(14-15-30-26)38-22-9-6-20(7-10-22)31-28(35)32-21-8-13-25(29)19(2)16-21/h4-17H,1-3H3,(H2,31,32,35). The molecule has 3 aromatic carbocycles. The number of hydrogen-bond acceptors (Lipinski definition) is 7. The third-order valence-corrected chi connectivity index (χ3v) is 7.21. The molecule has 1 heterocycles. The van der Waals surface area contributed by atoms with Crippen molar-refractivity contribution in [3.8, 4) is 11.5 Å². The number of rotatable bonds is 8. The summed E-state index contributed by atoms with van der Waals surface area (Å²) in [6, 6.07) is 20.2. The highest BCUT2D eigenvalue weighted by Gasteiger charge is 2.23. The van der Waals surface area contributed by atoms with Crippen LogP contribution in [0.15, 0.2) is 90.0 Å². The Labute approximate surface area is 236 Å². The van der Waals surface area contributed by atoms with Crippen molar-refractivity contribution in [3.05, 3.63) is 107 Å². The van der Waals surface area contributed by atoms with E-state index in [0.29, 0.717) is 27.2 Å². The number of anilines is 2. The highest BCUT2D eigenvalue weighted by atomic mass is 35.5. The van der Waals surface area contributed by atoms with Gasteiger partial charge in [0.2, 0.25) is 0 Å². The van der Waals surface area contributed by atoms with Gasteiger partial charge in [0.1, 0.15) is 17.2 Å². The second kappa shape index (κ2) is 12.2. The second-order valence-electron chi connectivity index (χ2n) is 8.69. The van der Waals surface area contributed by atoms with Crippen molar-refractivity contribution in [2.24, 2.45) is 0 Å². The molecule has 0 aliphatic heterocycles. The van der Waals surface area contributed by atoms with Gasteiger partial charge in [-0.05, 0) is 80.1 Å². The normalized spacial score (nSPS) is 11.0. The minimum absolute atomic E-state index is 0.0849. The summed E-state index contributed by atoms with van der Waals surface area (Å²) in [6.07, 6.45) is 1.35. The van der Waals surface area contributed by atoms with Crippen molar-refractivity contribution in [2.45, 2.75) is 18.7 Å². The predicted molar refractivity (Wildman–Crippen MR) is 151 cm³/mol. The van der Waals surface area contributed by atoms with E-state index in [4.69, 9.17) is 20.6 Å². The average molecular weight is 581 g/mol. The van der Waals surface area contributed by atoms with Crippen LogP contribution in [0.1, 0.15) is 21.6 Å². The number of carbonyl (C=O) groups is 2. The van der Waals surface area contributed by atoms with Crippen molar-refractivity contribution >= 4 is 45.0 Å². The Bertz CT molecular complexity index is 1640. The molecule has 0 saturated heterocycles. The number of benzene rings is 3. The van der Waals surface area contributed by atoms with Crippen LogP contribution in [0.25, 0.3) is 0 Å². The lowest BCUT2D eigenvalue weighted by atomic mass is 10.2. The summed E-state index contributed by atoms with van der Waals surface area (Å²) in [4.78, 5) is 29.0. The quantitative estimate of drug-likeness (QED) is 0.238. The Kier molecular flexibility index (Phi) is 8.68. The first-order valence-corrected chi connectivity index (χ1v) is 13.7. The molecule has 0 aliphatic carbocycles. The molecular weight excluding hydrogens is 556 g/mol. The van der Waals surface area contributed by atoms with Crippen LogP contribution in [0, 0.1) is 13.8 Å². The van der Waals surface area contributed by atoms with Crippen molar-refractivity contribution < 1.29 is 27.0 Å². The molecule has 3 amide bonds. The minimum atomic E-state index is -4.22. The van der Waals surface area contributed by atoms with Gasteiger partial charge in [-0.1, -0.05) is 29.3 Å². The number of aromatic nitrogens is 1. The van der Waals surface area contributed by atoms with Gasteiger partial charge in [0.05, 0.1) is 4.90 Å². The molecule has 1 aromatic heterocycles. The summed E-state index contributed by atoms with van der Waals surface area (Å²) in [5, 5.41) is 6.66. The fourth-order valence-electron chi connectivity index (χ4n) is 3.44. The maximum Gasteiger partial charge on any atom is 0.323 e. The van der Waals surface area contributed by atoms with E-state index < -0.39 is 22.1 Å². The number of pyridine rings is 1. The molecule has 0 bridgehead atoms. The van der Waals surface area contributed by atoms with Crippen LogP contribution in [-0.4, -0.2) is 37.5 Å². The summed E-state index contributed by atoms with van der Waals surface area (Å²) in [5.41, 5.74) is 2.76. The molecule has 0 aliphatic rings. The van der Waals surface area contributed by atoms with Crippen LogP contribution in [0.4, 0.5) is 16.2 Å². The number of hydroxylamine groups is 2. The largest absolute Gasteiger partial charge is 0.457 e. The lowest BCUT2D eigenvalue weighted by Crippen LogP contribution is -2.30. The van der Waals surface area contributed by atoms with E-state index in [-0.39, 0.29) is 16.3 Å². The van der Waals surface area contributed by atoms with Crippen molar-refractivity contribution in [3.63, 3.8) is 0 Å². The van der Waals surface area contributed by atoms with Gasteiger partial charge in [-0.15, -0.1) is 4.28 Å². The SMILES string of the molecule is Cc1ccc(S(=O)(=O)ON(C)C(=O)c2cc(Oc3ccc(NC(=O)Nc4ccc(Cl)c(C)c4)cc3)ccn2)cc1. The van der Waals surface area contributed by atoms with E-state index in [1.54, 1.807) is 54.6 Å². The highest BCUT2D eigenvalue weighted by molar-refractivity contribution is 7.86. The summed E-state index contributed by atoms with van der Waals surface area (Å²) >= 11 is 6.02. The summed E-state index contributed by atoms with van der Waals surface area (Å²) in [6.45, 7) is 3.66. The van der Waals surface area contributed by atoms with E-state index in [9.17, 15) is 18.0 Å². The molecule has 12 heteroatoms. The fourth-order valence-corrected chi connectivity index (χ4v) is 4.48. The van der Waals surface area contributed by atoms with Crippen LogP contribution in [0.2, 0.25) is 5.02 Å². The number of urea groups is 1. The molecule has 2 N–H and O–H groups in total. The predicted octanol–water partition coefficient (Wildman–Crippen LogP) is 6.18. The Morgan fingerprint density at radius 1 is 0.850 bits per heavy atom. The smallest absolute Gasteiger partial charge is 0.323 e. The van der Waals surface area contributed by atoms with Gasteiger partial charge >= 0.3 is 16.1 Å². The number of carbonyl (C=O) groups excluding carboxylic acids is 2. The third kappa shape index (κ3) is 7.35. The Morgan fingerprint density at radius 3 is 2.17 bits per heavy atom. The van der Waals surface area contributed by atoms with Crippen LogP contribution >= 0.6 is 11.6 Å². The number of nitrogens with one attached hydrogen (secondary N) is 2. The van der Waals surface area contributed by atoms with Crippen molar-refractivity contribution in [2.75, 3.05) is 17.7 Å². The number of aryl methyl sites for hydroxylation is 2. The summed E-state index contributed by atoms with van der Waals surface area (Å²) in [5.74, 6) is -0.0808. The number of nitrogens with zero attached hydrogens (tertiary/aromatic N) is 2. The van der Waals surface area contributed by atoms with E-state index in [1.165, 1.54) is 37.5 Å². The zero-order chi connectivity index (χ0) is 28.9. The molecule has 0 fully saturated rings. The molecule has 0 spiro atoms. The lowest BCUT2D eigenvalue weighted by Gasteiger charge is -2.16. The van der Waals surface area contributed by atoms with Gasteiger partial charge in [-0.3, -0.25) is 9.78 Å². The van der Waals surface area contributed by atoms with Gasteiger partial charge in [0.15, 0.2) is 0 Å². The second-order valence-corrected chi connectivity index (χ2v) is 10.6. The van der Waals surface area contributed by atoms with Crippen LogP contribution in [-0.2, 0) is 14.4 Å². The third-order valence-electron chi connectivity index (χ3n) is 5.52. The lowest BCUT2D eigenvalue weighted by molar-refractivity contribution is -0.00933. The van der Waals surface area contributed by atoms with Crippen molar-refractivity contribution in [1.82, 2.24) is 10.0 Å². The maximum atomic E-state index is 12.8. The van der Waals surface area contributed by atoms with Gasteiger partial charge in [0.25, 0.3) is 5.91 Å². The molecule has 10 nitrogen and oxygen atoms in total. The molecule has 0 radical (unpaired) electrons. The zero-order valence-corrected chi connectivity index (χ0v) is 23.3. The van der Waals surface area contributed by atoms with Crippen LogP contribution in [0.3, 0.4) is 0 Å². The van der Waals surface area contributed by atoms with Crippen molar-refractivity contribution in [1.29, 1.82) is 0 Å². The molecule has 0 unspecified atom stereocenters. The summed E-state index contributed by atoms with van der Waals surface area (Å²) in [7, 11) is -3.04. The zero-order valence-electron chi connectivity index (χ0n) is 21.7. The van der Waals surface area contributed by atoms with Crippen LogP contribution in [0.5, 0.6) is 11.5 Å². The maximum absolute atomic E-state index is 12.8. The summed E-state index contributed by atoms with van der Waals surface area (Å²) < 4.78 is 35.8. The molecule has 4 aromatic rings. The first kappa shape index (κ1) is 28.6. The average Bonchev–Trinajstić information content (AvgIpc) is 2.91. The number of ether oxygens (including phenoxy) is 1. The molecular formula is C28H25ClN4O6S. The first-order valence-electron chi connectivity index (χ1n) is 11.9. The molecule has 0 saturated carbocycles. The van der Waals surface area contributed by atoms with Gasteiger partial charge in [-0.25, -0.2) is 9.86 Å². The van der Waals surface area contributed by atoms with E-state index in [1.807, 2.05) is 13.8 Å². The monoisotopic (exact) mass is 580 g/mol. The Hall–Kier alpha value is -4.45. The molecule has 206 valence electrons. The fraction of sp³-hybridized carbons (Fsp3) is 0.107. The van der Waals surface area contributed by atoms with Gasteiger partial charge in [0, 0.05) is 35.7 Å². The van der Waals surface area contributed by atoms with Gasteiger partial charge in [-0.2, -0.15) is 8.42 Å². The van der Waals surface area contributed by atoms with Crippen LogP contribution < -0.4 is 15.4 Å². The molecule has 4 rings (SSSR count). The van der Waals surface area contributed by atoms with E-state index in [0.717, 1.165) is 11.1 Å². The molecule has 40 heavy (non-hydrogen) atoms. The number of hydrogen-bond donors (Lipinski definition) is 2.